The molecule has 0 unspecified atom stereocenters. The van der Waals surface area contributed by atoms with Gasteiger partial charge in [0.05, 0.1) is 5.57 Å². The molecule has 74 valence electrons. The van der Waals surface area contributed by atoms with Gasteiger partial charge in [0.25, 0.3) is 0 Å². The summed E-state index contributed by atoms with van der Waals surface area (Å²) in [6, 6.07) is 0. The van der Waals surface area contributed by atoms with E-state index in [2.05, 4.69) is 4.74 Å². The number of cyclic esters (lactones) is 2. The van der Waals surface area contributed by atoms with Crippen LogP contribution in [0.5, 0.6) is 0 Å². The fourth-order valence-corrected chi connectivity index (χ4v) is 1.18. The molecule has 0 aromatic rings. The lowest BCUT2D eigenvalue weighted by Gasteiger charge is -1.96. The zero-order valence-corrected chi connectivity index (χ0v) is 7.66. The second-order valence-corrected chi connectivity index (χ2v) is 2.84. The number of ether oxygens (including phenoxy) is 1. The molecular formula is C9H8O5. The summed E-state index contributed by atoms with van der Waals surface area (Å²) in [6.45, 7) is 2.86. The maximum atomic E-state index is 11.1. The Hall–Kier alpha value is -1.91. The molecule has 1 aliphatic heterocycles. The van der Waals surface area contributed by atoms with Crippen molar-refractivity contribution in [3.63, 3.8) is 0 Å². The predicted molar refractivity (Wildman–Crippen MR) is 45.2 cm³/mol. The maximum absolute atomic E-state index is 11.1. The number of hydrogen-bond donors (Lipinski definition) is 1. The van der Waals surface area contributed by atoms with Crippen molar-refractivity contribution in [3.8, 4) is 0 Å². The third-order valence-electron chi connectivity index (χ3n) is 1.81. The van der Waals surface area contributed by atoms with E-state index in [0.29, 0.717) is 0 Å². The van der Waals surface area contributed by atoms with Gasteiger partial charge in [0.15, 0.2) is 0 Å². The van der Waals surface area contributed by atoms with Crippen LogP contribution in [0.25, 0.3) is 0 Å². The molecule has 0 fully saturated rings. The number of aliphatic carboxylic acids is 1. The van der Waals surface area contributed by atoms with Gasteiger partial charge in [-0.05, 0) is 19.4 Å². The molecule has 5 heteroatoms. The van der Waals surface area contributed by atoms with Crippen molar-refractivity contribution in [1.29, 1.82) is 0 Å². The number of carbonyl (C=O) groups excluding carboxylic acids is 2. The van der Waals surface area contributed by atoms with Crippen LogP contribution in [0.3, 0.4) is 0 Å². The Morgan fingerprint density at radius 3 is 2.29 bits per heavy atom. The van der Waals surface area contributed by atoms with Gasteiger partial charge in [0.1, 0.15) is 0 Å². The average Bonchev–Trinajstić information content (AvgIpc) is 2.25. The van der Waals surface area contributed by atoms with E-state index in [9.17, 15) is 14.4 Å². The Balaban J connectivity index is 3.15. The standard InChI is InChI=1S/C9H8O5/c1-4(3-6(10)11)7-5(2)8(12)14-9(7)13/h3H,1-2H3,(H,10,11)/b4-3+. The molecule has 0 spiro atoms. The second kappa shape index (κ2) is 3.45. The lowest BCUT2D eigenvalue weighted by atomic mass is 10.0. The van der Waals surface area contributed by atoms with Crippen molar-refractivity contribution < 1.29 is 24.2 Å². The zero-order chi connectivity index (χ0) is 10.9. The summed E-state index contributed by atoms with van der Waals surface area (Å²) in [6.07, 6.45) is 0.860. The highest BCUT2D eigenvalue weighted by Gasteiger charge is 2.30. The summed E-state index contributed by atoms with van der Waals surface area (Å²) < 4.78 is 4.30. The first kappa shape index (κ1) is 10.2. The van der Waals surface area contributed by atoms with Gasteiger partial charge < -0.3 is 9.84 Å². The molecule has 0 saturated carbocycles. The SMILES string of the molecule is CC1=C(/C(C)=C/C(=O)O)C(=O)OC1=O. The number of esters is 2. The number of carboxylic acids is 1. The van der Waals surface area contributed by atoms with Gasteiger partial charge >= 0.3 is 17.9 Å². The summed E-state index contributed by atoms with van der Waals surface area (Å²) in [5, 5.41) is 8.45. The Labute approximate surface area is 79.7 Å². The Bertz CT molecular complexity index is 386. The minimum absolute atomic E-state index is 0.0393. The van der Waals surface area contributed by atoms with Gasteiger partial charge in [-0.3, -0.25) is 0 Å². The Kier molecular flexibility index (Phi) is 2.51. The molecule has 0 aromatic heterocycles. The highest BCUT2D eigenvalue weighted by Crippen LogP contribution is 2.23. The Morgan fingerprint density at radius 1 is 1.36 bits per heavy atom. The van der Waals surface area contributed by atoms with E-state index in [1.165, 1.54) is 13.8 Å². The lowest BCUT2D eigenvalue weighted by molar-refractivity contribution is -0.151. The number of carboxylic acid groups (broad SMARTS) is 1. The molecule has 5 nitrogen and oxygen atoms in total. The molecule has 1 N–H and O–H groups in total. The van der Waals surface area contributed by atoms with Crippen LogP contribution in [0.4, 0.5) is 0 Å². The molecule has 0 aliphatic carbocycles. The molecule has 1 rings (SSSR count). The molecular weight excluding hydrogens is 188 g/mol. The van der Waals surface area contributed by atoms with Gasteiger partial charge in [-0.25, -0.2) is 14.4 Å². The van der Waals surface area contributed by atoms with Crippen LogP contribution in [0.1, 0.15) is 13.8 Å². The van der Waals surface area contributed by atoms with E-state index in [4.69, 9.17) is 5.11 Å². The first-order chi connectivity index (χ1) is 6.43. The molecule has 0 bridgehead atoms. The molecule has 0 atom stereocenters. The van der Waals surface area contributed by atoms with Crippen molar-refractivity contribution in [1.82, 2.24) is 0 Å². The predicted octanol–water partition coefficient (Wildman–Crippen LogP) is 0.417. The van der Waals surface area contributed by atoms with E-state index >= 15 is 0 Å². The number of carbonyl (C=O) groups is 3. The number of rotatable bonds is 2. The van der Waals surface area contributed by atoms with Crippen LogP contribution >= 0.6 is 0 Å². The van der Waals surface area contributed by atoms with Crippen molar-refractivity contribution in [3.05, 3.63) is 22.8 Å². The van der Waals surface area contributed by atoms with E-state index in [1.54, 1.807) is 0 Å². The topological polar surface area (TPSA) is 80.7 Å². The van der Waals surface area contributed by atoms with Crippen molar-refractivity contribution in [2.24, 2.45) is 0 Å². The third-order valence-corrected chi connectivity index (χ3v) is 1.81. The van der Waals surface area contributed by atoms with E-state index < -0.39 is 17.9 Å². The summed E-state index contributed by atoms with van der Waals surface area (Å²) in [5.41, 5.74) is 0.397. The molecule has 0 aromatic carbocycles. The van der Waals surface area contributed by atoms with E-state index in [1.807, 2.05) is 0 Å². The third kappa shape index (κ3) is 1.71. The molecule has 1 heterocycles. The average molecular weight is 196 g/mol. The van der Waals surface area contributed by atoms with Crippen LogP contribution in [-0.2, 0) is 19.1 Å². The highest BCUT2D eigenvalue weighted by atomic mass is 16.6. The number of hydrogen-bond acceptors (Lipinski definition) is 4. The van der Waals surface area contributed by atoms with Gasteiger partial charge in [-0.2, -0.15) is 0 Å². The maximum Gasteiger partial charge on any atom is 0.346 e. The first-order valence-electron chi connectivity index (χ1n) is 3.82. The normalized spacial score (nSPS) is 17.4. The van der Waals surface area contributed by atoms with E-state index in [-0.39, 0.29) is 16.7 Å². The quantitative estimate of drug-likeness (QED) is 0.393. The van der Waals surface area contributed by atoms with Gasteiger partial charge in [0, 0.05) is 11.6 Å². The van der Waals surface area contributed by atoms with Crippen molar-refractivity contribution in [2.45, 2.75) is 13.8 Å². The molecule has 14 heavy (non-hydrogen) atoms. The molecule has 0 amide bonds. The van der Waals surface area contributed by atoms with Crippen LogP contribution in [0, 0.1) is 0 Å². The largest absolute Gasteiger partial charge is 0.478 e. The smallest absolute Gasteiger partial charge is 0.346 e. The summed E-state index contributed by atoms with van der Waals surface area (Å²) >= 11 is 0. The second-order valence-electron chi connectivity index (χ2n) is 2.84. The van der Waals surface area contributed by atoms with Crippen molar-refractivity contribution in [2.75, 3.05) is 0 Å². The Morgan fingerprint density at radius 2 is 1.93 bits per heavy atom. The monoisotopic (exact) mass is 196 g/mol. The summed E-state index contributed by atoms with van der Waals surface area (Å²) in [7, 11) is 0. The van der Waals surface area contributed by atoms with Crippen LogP contribution in [0.2, 0.25) is 0 Å². The van der Waals surface area contributed by atoms with E-state index in [0.717, 1.165) is 6.08 Å². The lowest BCUT2D eigenvalue weighted by Crippen LogP contribution is -2.03. The van der Waals surface area contributed by atoms with Crippen LogP contribution in [-0.4, -0.2) is 23.0 Å². The van der Waals surface area contributed by atoms with Crippen LogP contribution < -0.4 is 0 Å². The van der Waals surface area contributed by atoms with Gasteiger partial charge in [-0.15, -0.1) is 0 Å². The molecule has 0 radical (unpaired) electrons. The molecule has 1 aliphatic rings. The zero-order valence-electron chi connectivity index (χ0n) is 7.66. The first-order valence-corrected chi connectivity index (χ1v) is 3.82. The van der Waals surface area contributed by atoms with Crippen molar-refractivity contribution >= 4 is 17.9 Å². The fraction of sp³-hybridized carbons (Fsp3) is 0.222. The molecule has 0 saturated heterocycles. The fourth-order valence-electron chi connectivity index (χ4n) is 1.18. The van der Waals surface area contributed by atoms with Gasteiger partial charge in [-0.1, -0.05) is 0 Å². The van der Waals surface area contributed by atoms with Gasteiger partial charge in [0.2, 0.25) is 0 Å². The summed E-state index contributed by atoms with van der Waals surface area (Å²) in [5.74, 6) is -2.68. The van der Waals surface area contributed by atoms with Crippen LogP contribution in [0.15, 0.2) is 22.8 Å². The summed E-state index contributed by atoms with van der Waals surface area (Å²) in [4.78, 5) is 32.3. The minimum Gasteiger partial charge on any atom is -0.478 e. The highest BCUT2D eigenvalue weighted by molar-refractivity contribution is 6.14. The minimum atomic E-state index is -1.17.